The summed E-state index contributed by atoms with van der Waals surface area (Å²) in [5.74, 6) is -3.89. The first kappa shape index (κ1) is 8.65. The normalized spacial score (nSPS) is 12.7. The monoisotopic (exact) mass is 147 g/mol. The van der Waals surface area contributed by atoms with Crippen molar-refractivity contribution < 1.29 is 22.0 Å². The van der Waals surface area contributed by atoms with E-state index in [4.69, 9.17) is 0 Å². The SMILES string of the molecule is FCC(F)(F)C[C](F)F. The fraction of sp³-hybridized carbons (Fsp3) is 0.750. The van der Waals surface area contributed by atoms with Crippen LogP contribution < -0.4 is 0 Å². The highest BCUT2D eigenvalue weighted by Gasteiger charge is 2.33. The highest BCUT2D eigenvalue weighted by molar-refractivity contribution is 4.74. The Morgan fingerprint density at radius 1 is 1.22 bits per heavy atom. The maximum Gasteiger partial charge on any atom is 0.316 e. The lowest BCUT2D eigenvalue weighted by molar-refractivity contribution is -0.0439. The third-order valence-electron chi connectivity index (χ3n) is 0.588. The molecule has 0 saturated heterocycles. The topological polar surface area (TPSA) is 0 Å². The van der Waals surface area contributed by atoms with Gasteiger partial charge in [-0.1, -0.05) is 0 Å². The van der Waals surface area contributed by atoms with Crippen molar-refractivity contribution in [3.63, 3.8) is 0 Å². The van der Waals surface area contributed by atoms with E-state index >= 15 is 0 Å². The highest BCUT2D eigenvalue weighted by Crippen LogP contribution is 2.26. The number of rotatable bonds is 3. The molecule has 5 heteroatoms. The van der Waals surface area contributed by atoms with Crippen molar-refractivity contribution in [1.29, 1.82) is 0 Å². The smallest absolute Gasteiger partial charge is 0.244 e. The molecule has 0 amide bonds. The van der Waals surface area contributed by atoms with E-state index in [1.807, 2.05) is 0 Å². The molecule has 0 bridgehead atoms. The third-order valence-corrected chi connectivity index (χ3v) is 0.588. The van der Waals surface area contributed by atoms with Gasteiger partial charge in [-0.05, 0) is 0 Å². The Balaban J connectivity index is 3.58. The van der Waals surface area contributed by atoms with Gasteiger partial charge in [-0.25, -0.2) is 13.2 Å². The van der Waals surface area contributed by atoms with Gasteiger partial charge < -0.3 is 0 Å². The summed E-state index contributed by atoms with van der Waals surface area (Å²) in [4.78, 5) is 0. The fourth-order valence-electron chi connectivity index (χ4n) is 0.243. The minimum atomic E-state index is -3.89. The molecule has 0 aromatic rings. The lowest BCUT2D eigenvalue weighted by atomic mass is 10.3. The molecule has 55 valence electrons. The molecule has 0 spiro atoms. The molecule has 9 heavy (non-hydrogen) atoms. The molecule has 0 fully saturated rings. The maximum atomic E-state index is 11.5. The van der Waals surface area contributed by atoms with E-state index in [1.54, 1.807) is 0 Å². The van der Waals surface area contributed by atoms with E-state index in [9.17, 15) is 22.0 Å². The van der Waals surface area contributed by atoms with Gasteiger partial charge in [0.15, 0.2) is 6.67 Å². The molecular formula is C4H4F5. The third kappa shape index (κ3) is 4.17. The van der Waals surface area contributed by atoms with Crippen LogP contribution in [-0.4, -0.2) is 12.6 Å². The standard InChI is InChI=1S/C4H4F5/c5-2-4(8,9)1-3(6)7/h1-2H2. The van der Waals surface area contributed by atoms with E-state index in [0.717, 1.165) is 0 Å². The Morgan fingerprint density at radius 2 is 1.67 bits per heavy atom. The summed E-state index contributed by atoms with van der Waals surface area (Å²) in [5, 5.41) is 0. The van der Waals surface area contributed by atoms with Crippen LogP contribution in [0.5, 0.6) is 0 Å². The number of alkyl halides is 3. The number of hydrogen-bond donors (Lipinski definition) is 0. The van der Waals surface area contributed by atoms with E-state index in [1.165, 1.54) is 0 Å². The molecule has 1 radical (unpaired) electrons. The van der Waals surface area contributed by atoms with Crippen molar-refractivity contribution in [1.82, 2.24) is 0 Å². The van der Waals surface area contributed by atoms with Gasteiger partial charge in [-0.2, -0.15) is 8.78 Å². The molecule has 0 N–H and O–H groups in total. The fourth-order valence-corrected chi connectivity index (χ4v) is 0.243. The Hall–Kier alpha value is -0.350. The van der Waals surface area contributed by atoms with Gasteiger partial charge in [-0.3, -0.25) is 0 Å². The van der Waals surface area contributed by atoms with Gasteiger partial charge in [0, 0.05) is 0 Å². The highest BCUT2D eigenvalue weighted by atomic mass is 19.3. The summed E-state index contributed by atoms with van der Waals surface area (Å²) >= 11 is 0. The van der Waals surface area contributed by atoms with Crippen LogP contribution in [0.1, 0.15) is 6.42 Å². The van der Waals surface area contributed by atoms with E-state index in [-0.39, 0.29) is 0 Å². The van der Waals surface area contributed by atoms with Crippen molar-refractivity contribution in [3.8, 4) is 0 Å². The Kier molecular flexibility index (Phi) is 2.87. The van der Waals surface area contributed by atoms with Crippen LogP contribution in [0.2, 0.25) is 0 Å². The molecule has 0 aromatic carbocycles. The summed E-state index contributed by atoms with van der Waals surface area (Å²) in [6.07, 6.45) is -4.22. The molecule has 0 heterocycles. The molecule has 0 aliphatic heterocycles. The van der Waals surface area contributed by atoms with Crippen LogP contribution >= 0.6 is 0 Å². The second kappa shape index (κ2) is 2.98. The minimum Gasteiger partial charge on any atom is -0.244 e. The van der Waals surface area contributed by atoms with Gasteiger partial charge >= 0.3 is 6.43 Å². The zero-order valence-electron chi connectivity index (χ0n) is 4.30. The summed E-state index contributed by atoms with van der Waals surface area (Å²) in [6, 6.07) is 0. The average molecular weight is 147 g/mol. The molecule has 0 rings (SSSR count). The Labute approximate surface area is 48.7 Å². The van der Waals surface area contributed by atoms with Crippen LogP contribution in [-0.2, 0) is 0 Å². The molecule has 0 saturated carbocycles. The molecule has 0 nitrogen and oxygen atoms in total. The van der Waals surface area contributed by atoms with Crippen LogP contribution in [0.15, 0.2) is 0 Å². The zero-order chi connectivity index (χ0) is 7.49. The summed E-state index contributed by atoms with van der Waals surface area (Å²) < 4.78 is 56.1. The van der Waals surface area contributed by atoms with Crippen molar-refractivity contribution in [2.24, 2.45) is 0 Å². The van der Waals surface area contributed by atoms with Crippen LogP contribution in [0.4, 0.5) is 22.0 Å². The van der Waals surface area contributed by atoms with Crippen LogP contribution in [0, 0.1) is 6.43 Å². The summed E-state index contributed by atoms with van der Waals surface area (Å²) in [5.41, 5.74) is 0. The molecule has 0 aliphatic carbocycles. The lowest BCUT2D eigenvalue weighted by Crippen LogP contribution is -2.19. The van der Waals surface area contributed by atoms with E-state index < -0.39 is 25.4 Å². The van der Waals surface area contributed by atoms with Crippen molar-refractivity contribution >= 4 is 0 Å². The van der Waals surface area contributed by atoms with Crippen molar-refractivity contribution in [3.05, 3.63) is 6.43 Å². The van der Waals surface area contributed by atoms with E-state index in [0.29, 0.717) is 0 Å². The average Bonchev–Trinajstić information content (AvgIpc) is 1.63. The molecule has 0 unspecified atom stereocenters. The number of hydrogen-bond acceptors (Lipinski definition) is 0. The van der Waals surface area contributed by atoms with Gasteiger partial charge in [0.05, 0.1) is 6.42 Å². The molecule has 0 atom stereocenters. The van der Waals surface area contributed by atoms with Crippen LogP contribution in [0.3, 0.4) is 0 Å². The number of halogens is 5. The van der Waals surface area contributed by atoms with Crippen LogP contribution in [0.25, 0.3) is 0 Å². The Bertz CT molecular complexity index is 79.0. The first-order chi connectivity index (χ1) is 3.98. The van der Waals surface area contributed by atoms with Gasteiger partial charge in [-0.15, -0.1) is 0 Å². The first-order valence-corrected chi connectivity index (χ1v) is 2.08. The summed E-state index contributed by atoms with van der Waals surface area (Å²) in [6.45, 7) is -2.04. The molecular weight excluding hydrogens is 143 g/mol. The quantitative estimate of drug-likeness (QED) is 0.537. The zero-order valence-corrected chi connectivity index (χ0v) is 4.30. The second-order valence-electron chi connectivity index (χ2n) is 1.51. The lowest BCUT2D eigenvalue weighted by Gasteiger charge is -2.08. The summed E-state index contributed by atoms with van der Waals surface area (Å²) in [7, 11) is 0. The van der Waals surface area contributed by atoms with Crippen molar-refractivity contribution in [2.45, 2.75) is 12.3 Å². The molecule has 0 aromatic heterocycles. The van der Waals surface area contributed by atoms with Gasteiger partial charge in [0.2, 0.25) is 0 Å². The predicted octanol–water partition coefficient (Wildman–Crippen LogP) is 2.41. The minimum absolute atomic E-state index is 1.77. The van der Waals surface area contributed by atoms with Gasteiger partial charge in [0.1, 0.15) is 0 Å². The van der Waals surface area contributed by atoms with E-state index in [2.05, 4.69) is 0 Å². The predicted molar refractivity (Wildman–Crippen MR) is 21.0 cm³/mol. The van der Waals surface area contributed by atoms with Gasteiger partial charge in [0.25, 0.3) is 5.92 Å². The maximum absolute atomic E-state index is 11.5. The van der Waals surface area contributed by atoms with Crippen molar-refractivity contribution in [2.75, 3.05) is 6.67 Å². The second-order valence-corrected chi connectivity index (χ2v) is 1.51. The first-order valence-electron chi connectivity index (χ1n) is 2.08. The molecule has 0 aliphatic rings. The largest absolute Gasteiger partial charge is 0.316 e. The Morgan fingerprint density at radius 3 is 1.78 bits per heavy atom.